The molecule has 0 saturated carbocycles. The Kier molecular flexibility index (Phi) is 4.21. The van der Waals surface area contributed by atoms with Crippen LogP contribution >= 0.6 is 11.6 Å². The number of halogens is 1. The maximum Gasteiger partial charge on any atom is 0.253 e. The van der Waals surface area contributed by atoms with Gasteiger partial charge in [0.2, 0.25) is 0 Å². The summed E-state index contributed by atoms with van der Waals surface area (Å²) >= 11 is 5.74. The molecule has 0 fully saturated rings. The summed E-state index contributed by atoms with van der Waals surface area (Å²) in [6, 6.07) is 4.68. The van der Waals surface area contributed by atoms with E-state index in [-0.39, 0.29) is 11.9 Å². The largest absolute Gasteiger partial charge is 0.398 e. The summed E-state index contributed by atoms with van der Waals surface area (Å²) in [6.07, 6.45) is 5.64. The highest BCUT2D eigenvalue weighted by Gasteiger charge is 2.11. The Hall–Kier alpha value is -1.66. The molecule has 1 unspecified atom stereocenters. The minimum absolute atomic E-state index is 0.0763. The number of carbonyl (C=O) groups is 1. The number of hydrogen-bond donors (Lipinski definition) is 2. The van der Waals surface area contributed by atoms with Gasteiger partial charge in [-0.05, 0) is 25.1 Å². The quantitative estimate of drug-likeness (QED) is 0.624. The molecule has 3 nitrogen and oxygen atoms in total. The molecule has 1 rings (SSSR count). The molecule has 0 aliphatic heterocycles. The lowest BCUT2D eigenvalue weighted by Gasteiger charge is -2.12. The molecule has 0 spiro atoms. The highest BCUT2D eigenvalue weighted by molar-refractivity contribution is 6.31. The number of carbonyl (C=O) groups excluding carboxylic acids is 1. The van der Waals surface area contributed by atoms with Crippen molar-refractivity contribution in [2.45, 2.75) is 19.4 Å². The number of amides is 1. The zero-order chi connectivity index (χ0) is 12.1. The molecule has 1 amide bonds. The molecule has 3 N–H and O–H groups in total. The average Bonchev–Trinajstić information content (AvgIpc) is 2.17. The first-order valence-electron chi connectivity index (χ1n) is 4.84. The van der Waals surface area contributed by atoms with Crippen LogP contribution in [-0.4, -0.2) is 11.9 Å². The summed E-state index contributed by atoms with van der Waals surface area (Å²) < 4.78 is 0. The SMILES string of the molecule is C#CCC(C)NC(=O)c1ccc(Cl)cc1N. The van der Waals surface area contributed by atoms with Crippen LogP contribution in [0.3, 0.4) is 0 Å². The highest BCUT2D eigenvalue weighted by atomic mass is 35.5. The molecule has 0 aliphatic rings. The van der Waals surface area contributed by atoms with Gasteiger partial charge in [0.15, 0.2) is 0 Å². The number of nitrogens with one attached hydrogen (secondary N) is 1. The van der Waals surface area contributed by atoms with Gasteiger partial charge in [0.25, 0.3) is 5.91 Å². The molecular weight excluding hydrogens is 224 g/mol. The van der Waals surface area contributed by atoms with E-state index in [1.807, 2.05) is 6.92 Å². The van der Waals surface area contributed by atoms with Gasteiger partial charge in [-0.15, -0.1) is 12.3 Å². The third kappa shape index (κ3) is 3.18. The van der Waals surface area contributed by atoms with E-state index in [9.17, 15) is 4.79 Å². The first kappa shape index (κ1) is 12.4. The first-order chi connectivity index (χ1) is 7.54. The molecule has 0 saturated heterocycles. The van der Waals surface area contributed by atoms with Gasteiger partial charge in [-0.3, -0.25) is 4.79 Å². The summed E-state index contributed by atoms with van der Waals surface area (Å²) in [5.74, 6) is 2.24. The van der Waals surface area contributed by atoms with Crippen LogP contribution in [0.1, 0.15) is 23.7 Å². The Morgan fingerprint density at radius 1 is 1.69 bits per heavy atom. The number of rotatable bonds is 3. The summed E-state index contributed by atoms with van der Waals surface area (Å²) in [4.78, 5) is 11.8. The minimum atomic E-state index is -0.239. The number of nitrogen functional groups attached to an aromatic ring is 1. The molecular formula is C12H13ClN2O. The van der Waals surface area contributed by atoms with Gasteiger partial charge in [-0.1, -0.05) is 11.6 Å². The lowest BCUT2D eigenvalue weighted by molar-refractivity contribution is 0.0942. The normalized spacial score (nSPS) is 11.6. The van der Waals surface area contributed by atoms with Crippen LogP contribution < -0.4 is 11.1 Å². The van der Waals surface area contributed by atoms with Crippen LogP contribution in [0.2, 0.25) is 5.02 Å². The van der Waals surface area contributed by atoms with Crippen molar-refractivity contribution in [3.63, 3.8) is 0 Å². The molecule has 84 valence electrons. The summed E-state index contributed by atoms with van der Waals surface area (Å²) in [7, 11) is 0. The van der Waals surface area contributed by atoms with E-state index < -0.39 is 0 Å². The zero-order valence-electron chi connectivity index (χ0n) is 8.96. The third-order valence-electron chi connectivity index (χ3n) is 2.06. The van der Waals surface area contributed by atoms with E-state index in [0.717, 1.165) is 0 Å². The number of benzene rings is 1. The molecule has 4 heteroatoms. The third-order valence-corrected chi connectivity index (χ3v) is 2.29. The van der Waals surface area contributed by atoms with Crippen LogP contribution in [0, 0.1) is 12.3 Å². The molecule has 0 heterocycles. The van der Waals surface area contributed by atoms with Gasteiger partial charge >= 0.3 is 0 Å². The van der Waals surface area contributed by atoms with Crippen molar-refractivity contribution in [1.29, 1.82) is 0 Å². The minimum Gasteiger partial charge on any atom is -0.398 e. The smallest absolute Gasteiger partial charge is 0.253 e. The van der Waals surface area contributed by atoms with Crippen LogP contribution in [0.15, 0.2) is 18.2 Å². The number of nitrogens with two attached hydrogens (primary N) is 1. The van der Waals surface area contributed by atoms with Crippen LogP contribution in [-0.2, 0) is 0 Å². The Balaban J connectivity index is 2.78. The Morgan fingerprint density at radius 3 is 2.94 bits per heavy atom. The van der Waals surface area contributed by atoms with Crippen LogP contribution in [0.4, 0.5) is 5.69 Å². The van der Waals surface area contributed by atoms with Gasteiger partial charge in [0.05, 0.1) is 5.56 Å². The lowest BCUT2D eigenvalue weighted by Crippen LogP contribution is -2.32. The van der Waals surface area contributed by atoms with E-state index >= 15 is 0 Å². The van der Waals surface area contributed by atoms with Crippen LogP contribution in [0.25, 0.3) is 0 Å². The van der Waals surface area contributed by atoms with E-state index in [1.165, 1.54) is 0 Å². The number of anilines is 1. The molecule has 0 aromatic heterocycles. The maximum absolute atomic E-state index is 11.8. The predicted octanol–water partition coefficient (Wildman–Crippen LogP) is 2.06. The van der Waals surface area contributed by atoms with Gasteiger partial charge in [-0.2, -0.15) is 0 Å². The highest BCUT2D eigenvalue weighted by Crippen LogP contribution is 2.17. The molecule has 0 bridgehead atoms. The van der Waals surface area contributed by atoms with Gasteiger partial charge in [0.1, 0.15) is 0 Å². The fraction of sp³-hybridized carbons (Fsp3) is 0.250. The van der Waals surface area contributed by atoms with Crippen molar-refractivity contribution in [1.82, 2.24) is 5.32 Å². The van der Waals surface area contributed by atoms with E-state index in [4.69, 9.17) is 23.8 Å². The fourth-order valence-corrected chi connectivity index (χ4v) is 1.45. The van der Waals surface area contributed by atoms with E-state index in [0.29, 0.717) is 22.7 Å². The standard InChI is InChI=1S/C12H13ClN2O/c1-3-4-8(2)15-12(16)10-6-5-9(13)7-11(10)14/h1,5-8H,4,14H2,2H3,(H,15,16). The molecule has 0 aliphatic carbocycles. The van der Waals surface area contributed by atoms with E-state index in [1.54, 1.807) is 18.2 Å². The van der Waals surface area contributed by atoms with Crippen molar-refractivity contribution in [2.75, 3.05) is 5.73 Å². The summed E-state index contributed by atoms with van der Waals surface area (Å²) in [6.45, 7) is 1.84. The summed E-state index contributed by atoms with van der Waals surface area (Å²) in [5, 5.41) is 3.26. The topological polar surface area (TPSA) is 55.1 Å². The molecule has 1 aromatic carbocycles. The van der Waals surface area contributed by atoms with Gasteiger partial charge < -0.3 is 11.1 Å². The molecule has 1 atom stereocenters. The predicted molar refractivity (Wildman–Crippen MR) is 66.2 cm³/mol. The van der Waals surface area contributed by atoms with Crippen molar-refractivity contribution < 1.29 is 4.79 Å². The van der Waals surface area contributed by atoms with Crippen molar-refractivity contribution in [3.05, 3.63) is 28.8 Å². The van der Waals surface area contributed by atoms with Crippen molar-refractivity contribution in [3.8, 4) is 12.3 Å². The van der Waals surface area contributed by atoms with Crippen LogP contribution in [0.5, 0.6) is 0 Å². The molecule has 1 aromatic rings. The Morgan fingerprint density at radius 2 is 2.38 bits per heavy atom. The lowest BCUT2D eigenvalue weighted by atomic mass is 10.1. The Labute approximate surface area is 100.0 Å². The van der Waals surface area contributed by atoms with Gasteiger partial charge in [0, 0.05) is 23.2 Å². The average molecular weight is 237 g/mol. The van der Waals surface area contributed by atoms with Crippen molar-refractivity contribution >= 4 is 23.2 Å². The zero-order valence-corrected chi connectivity index (χ0v) is 9.71. The molecule has 0 radical (unpaired) electrons. The number of hydrogen-bond acceptors (Lipinski definition) is 2. The number of terminal acetylenes is 1. The van der Waals surface area contributed by atoms with E-state index in [2.05, 4.69) is 11.2 Å². The second-order valence-corrected chi connectivity index (χ2v) is 3.95. The van der Waals surface area contributed by atoms with Gasteiger partial charge in [-0.25, -0.2) is 0 Å². The second kappa shape index (κ2) is 5.43. The molecule has 16 heavy (non-hydrogen) atoms. The summed E-state index contributed by atoms with van der Waals surface area (Å²) in [5.41, 5.74) is 6.46. The first-order valence-corrected chi connectivity index (χ1v) is 5.21. The monoisotopic (exact) mass is 236 g/mol. The maximum atomic E-state index is 11.8. The second-order valence-electron chi connectivity index (χ2n) is 3.51. The van der Waals surface area contributed by atoms with Crippen molar-refractivity contribution in [2.24, 2.45) is 0 Å². The fourth-order valence-electron chi connectivity index (χ4n) is 1.27. The Bertz CT molecular complexity index is 437.